The molecule has 1 N–H and O–H groups in total. The normalized spacial score (nSPS) is 40.8. The van der Waals surface area contributed by atoms with Gasteiger partial charge in [-0.2, -0.15) is 0 Å². The Morgan fingerprint density at radius 1 is 1.28 bits per heavy atom. The van der Waals surface area contributed by atoms with E-state index in [1.54, 1.807) is 14.2 Å². The number of fused-ring (bicyclic) bond motifs is 2. The van der Waals surface area contributed by atoms with Gasteiger partial charge in [0.05, 0.1) is 5.60 Å². The van der Waals surface area contributed by atoms with Crippen LogP contribution < -0.4 is 0 Å². The highest BCUT2D eigenvalue weighted by Gasteiger charge is 2.48. The second-order valence-electron chi connectivity index (χ2n) is 5.85. The fourth-order valence-electron chi connectivity index (χ4n) is 3.35. The smallest absolute Gasteiger partial charge is 0.167 e. The lowest BCUT2D eigenvalue weighted by atomic mass is 9.81. The second-order valence-corrected chi connectivity index (χ2v) is 7.85. The lowest BCUT2D eigenvalue weighted by molar-refractivity contribution is -0.225. The summed E-state index contributed by atoms with van der Waals surface area (Å²) in [5.74, 6) is -0.762. The van der Waals surface area contributed by atoms with Crippen LogP contribution in [-0.4, -0.2) is 45.4 Å². The maximum atomic E-state index is 12.1. The van der Waals surface area contributed by atoms with Crippen molar-refractivity contribution in [2.24, 2.45) is 0 Å². The van der Waals surface area contributed by atoms with Gasteiger partial charge in [0.1, 0.15) is 0 Å². The summed E-state index contributed by atoms with van der Waals surface area (Å²) in [4.78, 5) is 0. The molecule has 0 aromatic heterocycles. The summed E-state index contributed by atoms with van der Waals surface area (Å²) in [5, 5.41) is 11.1. The number of hydrogen-bond acceptors (Lipinski definition) is 4. The van der Waals surface area contributed by atoms with Crippen LogP contribution in [0.1, 0.15) is 45.4 Å². The third kappa shape index (κ3) is 2.79. The zero-order chi connectivity index (χ0) is 13.4. The summed E-state index contributed by atoms with van der Waals surface area (Å²) in [6, 6.07) is 0. The summed E-state index contributed by atoms with van der Waals surface area (Å²) >= 11 is 0. The summed E-state index contributed by atoms with van der Waals surface area (Å²) < 4.78 is 22.8. The van der Waals surface area contributed by atoms with Gasteiger partial charge in [-0.3, -0.25) is 4.21 Å². The molecule has 0 radical (unpaired) electrons. The van der Waals surface area contributed by atoms with Crippen LogP contribution in [0.15, 0.2) is 0 Å². The van der Waals surface area contributed by atoms with E-state index in [4.69, 9.17) is 9.47 Å². The molecule has 2 saturated heterocycles. The minimum absolute atomic E-state index is 0.153. The Balaban J connectivity index is 2.10. The van der Waals surface area contributed by atoms with Gasteiger partial charge in [0.15, 0.2) is 5.79 Å². The monoisotopic (exact) mass is 276 g/mol. The molecule has 18 heavy (non-hydrogen) atoms. The maximum absolute atomic E-state index is 12.1. The Bertz CT molecular complexity index is 311. The molecule has 0 aromatic rings. The van der Waals surface area contributed by atoms with Gasteiger partial charge in [-0.1, -0.05) is 6.42 Å². The number of aliphatic hydroxyl groups is 1. The zero-order valence-electron chi connectivity index (χ0n) is 11.5. The van der Waals surface area contributed by atoms with Crippen molar-refractivity contribution in [3.8, 4) is 0 Å². The second kappa shape index (κ2) is 5.19. The molecule has 2 unspecified atom stereocenters. The molecule has 2 bridgehead atoms. The highest BCUT2D eigenvalue weighted by atomic mass is 32.2. The van der Waals surface area contributed by atoms with Crippen molar-refractivity contribution in [3.05, 3.63) is 0 Å². The summed E-state index contributed by atoms with van der Waals surface area (Å²) in [7, 11) is 2.43. The first-order chi connectivity index (χ1) is 8.41. The lowest BCUT2D eigenvalue weighted by Crippen LogP contribution is -2.52. The Hall–Kier alpha value is 0.0300. The van der Waals surface area contributed by atoms with E-state index in [-0.39, 0.29) is 10.5 Å². The third-order valence-corrected chi connectivity index (χ3v) is 6.56. The van der Waals surface area contributed by atoms with E-state index < -0.39 is 22.2 Å². The molecular weight excluding hydrogens is 252 g/mol. The van der Waals surface area contributed by atoms with E-state index in [9.17, 15) is 9.32 Å². The fourth-order valence-corrected chi connectivity index (χ4v) is 5.64. The highest BCUT2D eigenvalue weighted by molar-refractivity contribution is 7.86. The van der Waals surface area contributed by atoms with Crippen LogP contribution in [0.3, 0.4) is 0 Å². The van der Waals surface area contributed by atoms with Gasteiger partial charge in [-0.05, 0) is 32.6 Å². The Morgan fingerprint density at radius 2 is 1.78 bits per heavy atom. The van der Waals surface area contributed by atoms with E-state index in [1.165, 1.54) is 0 Å². The lowest BCUT2D eigenvalue weighted by Gasteiger charge is -2.46. The van der Waals surface area contributed by atoms with Crippen LogP contribution in [0.2, 0.25) is 0 Å². The van der Waals surface area contributed by atoms with Gasteiger partial charge in [0.25, 0.3) is 0 Å². The molecule has 106 valence electrons. The molecule has 2 fully saturated rings. The molecule has 2 heterocycles. The molecule has 0 amide bonds. The molecule has 2 aliphatic rings. The molecule has 2 atom stereocenters. The molecular formula is C13H24O4S. The Morgan fingerprint density at radius 3 is 2.22 bits per heavy atom. The Kier molecular flexibility index (Phi) is 4.17. The summed E-state index contributed by atoms with van der Waals surface area (Å²) in [5.41, 5.74) is -0.801. The molecule has 0 saturated carbocycles. The SMILES string of the molecule is COC(C)(CC1(O)CC2CCCC(C1)S2=O)OC. The minimum atomic E-state index is -0.801. The van der Waals surface area contributed by atoms with Gasteiger partial charge in [-0.15, -0.1) is 0 Å². The van der Waals surface area contributed by atoms with Crippen LogP contribution in [0.4, 0.5) is 0 Å². The van der Waals surface area contributed by atoms with E-state index in [2.05, 4.69) is 0 Å². The predicted molar refractivity (Wildman–Crippen MR) is 70.8 cm³/mol. The van der Waals surface area contributed by atoms with Crippen molar-refractivity contribution in [1.29, 1.82) is 0 Å². The van der Waals surface area contributed by atoms with Crippen molar-refractivity contribution in [2.75, 3.05) is 14.2 Å². The number of ether oxygens (including phenoxy) is 2. The number of methoxy groups -OCH3 is 2. The first-order valence-electron chi connectivity index (χ1n) is 6.63. The molecule has 2 aliphatic heterocycles. The standard InChI is InChI=1S/C13H24O4S/c1-12(16-2,17-3)9-13(14)7-10-5-4-6-11(8-13)18(10)15/h10-11,14H,4-9H2,1-3H3. The summed E-state index contributed by atoms with van der Waals surface area (Å²) in [6.45, 7) is 1.84. The van der Waals surface area contributed by atoms with E-state index in [0.29, 0.717) is 19.3 Å². The van der Waals surface area contributed by atoms with Crippen molar-refractivity contribution < 1.29 is 18.8 Å². The minimum Gasteiger partial charge on any atom is -0.390 e. The van der Waals surface area contributed by atoms with Gasteiger partial charge in [0, 0.05) is 41.9 Å². The average Bonchev–Trinajstić information content (AvgIpc) is 2.31. The molecule has 4 nitrogen and oxygen atoms in total. The molecule has 0 aromatic carbocycles. The summed E-state index contributed by atoms with van der Waals surface area (Å²) in [6.07, 6.45) is 4.75. The first-order valence-corrected chi connectivity index (χ1v) is 7.91. The predicted octanol–water partition coefficient (Wildman–Crippen LogP) is 1.58. The van der Waals surface area contributed by atoms with Crippen LogP contribution in [0.25, 0.3) is 0 Å². The number of hydrogen-bond donors (Lipinski definition) is 1. The zero-order valence-corrected chi connectivity index (χ0v) is 12.3. The first kappa shape index (κ1) is 14.4. The molecule has 2 rings (SSSR count). The Labute approximate surface area is 112 Å². The van der Waals surface area contributed by atoms with Crippen LogP contribution in [0.5, 0.6) is 0 Å². The van der Waals surface area contributed by atoms with Crippen molar-refractivity contribution in [1.82, 2.24) is 0 Å². The third-order valence-electron chi connectivity index (χ3n) is 4.44. The largest absolute Gasteiger partial charge is 0.390 e. The van der Waals surface area contributed by atoms with Crippen molar-refractivity contribution in [2.45, 2.75) is 67.3 Å². The topological polar surface area (TPSA) is 55.8 Å². The molecule has 5 heteroatoms. The van der Waals surface area contributed by atoms with E-state index >= 15 is 0 Å². The van der Waals surface area contributed by atoms with E-state index in [0.717, 1.165) is 19.3 Å². The quantitative estimate of drug-likeness (QED) is 0.792. The van der Waals surface area contributed by atoms with Gasteiger partial charge in [-0.25, -0.2) is 0 Å². The van der Waals surface area contributed by atoms with Gasteiger partial charge < -0.3 is 14.6 Å². The average molecular weight is 276 g/mol. The molecule has 0 spiro atoms. The van der Waals surface area contributed by atoms with Crippen molar-refractivity contribution >= 4 is 10.8 Å². The van der Waals surface area contributed by atoms with Crippen LogP contribution in [-0.2, 0) is 20.3 Å². The van der Waals surface area contributed by atoms with Gasteiger partial charge >= 0.3 is 0 Å². The van der Waals surface area contributed by atoms with E-state index in [1.807, 2.05) is 6.92 Å². The van der Waals surface area contributed by atoms with Gasteiger partial charge in [0.2, 0.25) is 0 Å². The van der Waals surface area contributed by atoms with Crippen LogP contribution in [0, 0.1) is 0 Å². The highest BCUT2D eigenvalue weighted by Crippen LogP contribution is 2.43. The van der Waals surface area contributed by atoms with Crippen LogP contribution >= 0.6 is 0 Å². The number of rotatable bonds is 4. The maximum Gasteiger partial charge on any atom is 0.167 e. The fraction of sp³-hybridized carbons (Fsp3) is 1.00. The van der Waals surface area contributed by atoms with Crippen molar-refractivity contribution in [3.63, 3.8) is 0 Å². The molecule has 0 aliphatic carbocycles.